The molecule has 2 aromatic rings. The van der Waals surface area contributed by atoms with E-state index in [0.717, 1.165) is 13.1 Å². The maximum absolute atomic E-state index is 12.5. The van der Waals surface area contributed by atoms with Crippen molar-refractivity contribution in [1.82, 2.24) is 19.8 Å². The molecule has 0 saturated carbocycles. The van der Waals surface area contributed by atoms with Gasteiger partial charge in [-0.1, -0.05) is 6.42 Å². The van der Waals surface area contributed by atoms with Gasteiger partial charge in [-0.2, -0.15) is 0 Å². The Morgan fingerprint density at radius 2 is 2.16 bits per heavy atom. The zero-order valence-electron chi connectivity index (χ0n) is 14.0. The second-order valence-electron chi connectivity index (χ2n) is 6.69. The van der Waals surface area contributed by atoms with E-state index >= 15 is 0 Å². The van der Waals surface area contributed by atoms with Gasteiger partial charge in [0, 0.05) is 0 Å². The molecule has 0 aromatic carbocycles. The highest BCUT2D eigenvalue weighted by molar-refractivity contribution is 7.17. The molecule has 0 unspecified atom stereocenters. The third kappa shape index (κ3) is 3.47. The molecule has 2 atom stereocenters. The van der Waals surface area contributed by atoms with E-state index in [4.69, 9.17) is 4.74 Å². The Kier molecular flexibility index (Phi) is 4.82. The van der Waals surface area contributed by atoms with E-state index in [-0.39, 0.29) is 30.1 Å². The Bertz CT molecular complexity index is 812. The molecule has 0 bridgehead atoms. The second-order valence-corrected chi connectivity index (χ2v) is 7.60. The topological polar surface area (TPSA) is 76.5 Å². The Morgan fingerprint density at radius 1 is 1.32 bits per heavy atom. The molecule has 4 heterocycles. The fraction of sp³-hybridized carbons (Fsp3) is 0.588. The molecule has 0 radical (unpaired) electrons. The van der Waals surface area contributed by atoms with Gasteiger partial charge in [-0.3, -0.25) is 19.1 Å². The smallest absolute Gasteiger partial charge is 0.271 e. The van der Waals surface area contributed by atoms with Crippen LogP contribution in [0.5, 0.6) is 0 Å². The summed E-state index contributed by atoms with van der Waals surface area (Å²) in [5.74, 6) is -0.169. The fourth-order valence-corrected chi connectivity index (χ4v) is 4.48. The molecular formula is C17H22N4O3S. The van der Waals surface area contributed by atoms with E-state index in [1.165, 1.54) is 41.5 Å². The summed E-state index contributed by atoms with van der Waals surface area (Å²) in [7, 11) is 0. The van der Waals surface area contributed by atoms with Crippen LogP contribution in [-0.2, 0) is 16.1 Å². The lowest BCUT2D eigenvalue weighted by atomic mass is 10.0. The van der Waals surface area contributed by atoms with Gasteiger partial charge in [-0.15, -0.1) is 11.3 Å². The minimum atomic E-state index is -0.169. The minimum absolute atomic E-state index is 0.0110. The number of fused-ring (bicyclic) bond motifs is 1. The van der Waals surface area contributed by atoms with Crippen LogP contribution in [-0.4, -0.2) is 58.7 Å². The number of nitrogens with one attached hydrogen (secondary N) is 1. The molecule has 2 aliphatic rings. The number of carbonyl (C=O) groups excluding carboxylic acids is 1. The average molecular weight is 362 g/mol. The monoisotopic (exact) mass is 362 g/mol. The molecule has 2 fully saturated rings. The Hall–Kier alpha value is -1.77. The predicted molar refractivity (Wildman–Crippen MR) is 95.8 cm³/mol. The highest BCUT2D eigenvalue weighted by Gasteiger charge is 2.34. The van der Waals surface area contributed by atoms with Gasteiger partial charge in [0.05, 0.1) is 37.1 Å². The molecule has 2 aliphatic heterocycles. The zero-order chi connectivity index (χ0) is 17.2. The van der Waals surface area contributed by atoms with Gasteiger partial charge < -0.3 is 10.1 Å². The van der Waals surface area contributed by atoms with Crippen molar-refractivity contribution in [2.45, 2.75) is 37.9 Å². The van der Waals surface area contributed by atoms with Crippen molar-refractivity contribution in [2.24, 2.45) is 0 Å². The molecule has 0 spiro atoms. The largest absolute Gasteiger partial charge is 0.378 e. The first-order chi connectivity index (χ1) is 12.2. The summed E-state index contributed by atoms with van der Waals surface area (Å²) in [4.78, 5) is 31.5. The molecule has 0 aliphatic carbocycles. The second kappa shape index (κ2) is 7.23. The molecule has 2 aromatic heterocycles. The SMILES string of the molecule is O=C(Cn1cnc2ccsc2c1=O)N[C@H]1COC[C@@H]1N1CCCCC1. The first-order valence-electron chi connectivity index (χ1n) is 8.76. The van der Waals surface area contributed by atoms with Gasteiger partial charge in [0.1, 0.15) is 11.2 Å². The number of rotatable bonds is 4. The number of ether oxygens (including phenoxy) is 1. The number of carbonyl (C=O) groups is 1. The van der Waals surface area contributed by atoms with E-state index in [0.29, 0.717) is 23.4 Å². The van der Waals surface area contributed by atoms with Crippen LogP contribution in [0.25, 0.3) is 10.2 Å². The van der Waals surface area contributed by atoms with E-state index in [1.807, 2.05) is 11.4 Å². The molecular weight excluding hydrogens is 340 g/mol. The van der Waals surface area contributed by atoms with Gasteiger partial charge in [-0.25, -0.2) is 4.98 Å². The third-order valence-corrected chi connectivity index (χ3v) is 5.90. The van der Waals surface area contributed by atoms with Crippen molar-refractivity contribution >= 4 is 27.5 Å². The van der Waals surface area contributed by atoms with Crippen LogP contribution in [0.3, 0.4) is 0 Å². The summed E-state index contributed by atoms with van der Waals surface area (Å²) < 4.78 is 7.57. The summed E-state index contributed by atoms with van der Waals surface area (Å²) in [6.45, 7) is 3.32. The lowest BCUT2D eigenvalue weighted by Gasteiger charge is -2.34. The summed E-state index contributed by atoms with van der Waals surface area (Å²) in [5, 5.41) is 4.89. The molecule has 8 heteroatoms. The molecule has 1 amide bonds. The maximum Gasteiger partial charge on any atom is 0.271 e. The third-order valence-electron chi connectivity index (χ3n) is 5.01. The van der Waals surface area contributed by atoms with Gasteiger partial charge >= 0.3 is 0 Å². The number of aromatic nitrogens is 2. The van der Waals surface area contributed by atoms with Crippen molar-refractivity contribution in [2.75, 3.05) is 26.3 Å². The molecule has 134 valence electrons. The summed E-state index contributed by atoms with van der Waals surface area (Å²) >= 11 is 1.35. The number of thiophene rings is 1. The molecule has 25 heavy (non-hydrogen) atoms. The normalized spacial score (nSPS) is 24.6. The van der Waals surface area contributed by atoms with Crippen LogP contribution in [0.4, 0.5) is 0 Å². The Balaban J connectivity index is 1.42. The number of piperidine rings is 1. The van der Waals surface area contributed by atoms with Crippen LogP contribution in [0.2, 0.25) is 0 Å². The van der Waals surface area contributed by atoms with Crippen molar-refractivity contribution in [3.05, 3.63) is 28.1 Å². The molecule has 4 rings (SSSR count). The van der Waals surface area contributed by atoms with Crippen LogP contribution < -0.4 is 10.9 Å². The van der Waals surface area contributed by atoms with Crippen LogP contribution in [0.1, 0.15) is 19.3 Å². The number of nitrogens with zero attached hydrogens (tertiary/aromatic N) is 3. The first kappa shape index (κ1) is 16.7. The van der Waals surface area contributed by atoms with Gasteiger partial charge in [-0.05, 0) is 37.4 Å². The highest BCUT2D eigenvalue weighted by Crippen LogP contribution is 2.19. The minimum Gasteiger partial charge on any atom is -0.378 e. The van der Waals surface area contributed by atoms with E-state index in [1.54, 1.807) is 0 Å². The first-order valence-corrected chi connectivity index (χ1v) is 9.64. The Labute approximate surface area is 149 Å². The van der Waals surface area contributed by atoms with Gasteiger partial charge in [0.15, 0.2) is 0 Å². The lowest BCUT2D eigenvalue weighted by molar-refractivity contribution is -0.122. The Morgan fingerprint density at radius 3 is 3.00 bits per heavy atom. The van der Waals surface area contributed by atoms with Crippen LogP contribution in [0, 0.1) is 0 Å². The maximum atomic E-state index is 12.5. The molecule has 2 saturated heterocycles. The van der Waals surface area contributed by atoms with E-state index < -0.39 is 0 Å². The van der Waals surface area contributed by atoms with Crippen LogP contribution >= 0.6 is 11.3 Å². The van der Waals surface area contributed by atoms with E-state index in [9.17, 15) is 9.59 Å². The summed E-state index contributed by atoms with van der Waals surface area (Å²) in [6.07, 6.45) is 5.14. The summed E-state index contributed by atoms with van der Waals surface area (Å²) in [5.41, 5.74) is 0.520. The zero-order valence-corrected chi connectivity index (χ0v) is 14.8. The number of hydrogen-bond acceptors (Lipinski definition) is 6. The quantitative estimate of drug-likeness (QED) is 0.872. The fourth-order valence-electron chi connectivity index (χ4n) is 3.69. The highest BCUT2D eigenvalue weighted by atomic mass is 32.1. The summed E-state index contributed by atoms with van der Waals surface area (Å²) in [6, 6.07) is 2.03. The number of amides is 1. The molecule has 7 nitrogen and oxygen atoms in total. The predicted octanol–water partition coefficient (Wildman–Crippen LogP) is 0.827. The van der Waals surface area contributed by atoms with Crippen molar-refractivity contribution < 1.29 is 9.53 Å². The standard InChI is InChI=1S/C17H22N4O3S/c22-15(8-21-11-18-12-4-7-25-16(12)17(21)23)19-13-9-24-10-14(13)20-5-2-1-3-6-20/h4,7,11,13-14H,1-3,5-6,8-10H2,(H,19,22)/t13-,14-/m0/s1. The van der Waals surface area contributed by atoms with Crippen molar-refractivity contribution in [3.63, 3.8) is 0 Å². The van der Waals surface area contributed by atoms with Crippen molar-refractivity contribution in [1.29, 1.82) is 0 Å². The van der Waals surface area contributed by atoms with Gasteiger partial charge in [0.25, 0.3) is 5.56 Å². The molecule has 1 N–H and O–H groups in total. The van der Waals surface area contributed by atoms with Crippen LogP contribution in [0.15, 0.2) is 22.6 Å². The van der Waals surface area contributed by atoms with Crippen molar-refractivity contribution in [3.8, 4) is 0 Å². The number of hydrogen-bond donors (Lipinski definition) is 1. The van der Waals surface area contributed by atoms with Gasteiger partial charge in [0.2, 0.25) is 5.91 Å². The van der Waals surface area contributed by atoms with E-state index in [2.05, 4.69) is 15.2 Å². The lowest BCUT2D eigenvalue weighted by Crippen LogP contribution is -2.53. The average Bonchev–Trinajstić information content (AvgIpc) is 3.28. The number of likely N-dealkylation sites (tertiary alicyclic amines) is 1.